The SMILES string of the molecule is CC[C@H](C)NC(=O)c1ccccc1NC(=O)c1cccc(F)c1. The van der Waals surface area contributed by atoms with Crippen molar-refractivity contribution in [2.24, 2.45) is 0 Å². The van der Waals surface area contributed by atoms with Gasteiger partial charge in [0, 0.05) is 11.6 Å². The quantitative estimate of drug-likeness (QED) is 0.886. The van der Waals surface area contributed by atoms with Crippen LogP contribution in [0.1, 0.15) is 41.0 Å². The normalized spacial score (nSPS) is 11.6. The fourth-order valence-electron chi connectivity index (χ4n) is 2.02. The van der Waals surface area contributed by atoms with Crippen molar-refractivity contribution in [3.05, 3.63) is 65.5 Å². The third-order valence-corrected chi connectivity index (χ3v) is 3.50. The minimum absolute atomic E-state index is 0.0366. The Bertz CT molecular complexity index is 716. The number of amides is 2. The van der Waals surface area contributed by atoms with Crippen LogP contribution in [0.2, 0.25) is 0 Å². The summed E-state index contributed by atoms with van der Waals surface area (Å²) in [6, 6.07) is 12.2. The van der Waals surface area contributed by atoms with Gasteiger partial charge < -0.3 is 10.6 Å². The van der Waals surface area contributed by atoms with Crippen molar-refractivity contribution in [1.29, 1.82) is 0 Å². The van der Waals surface area contributed by atoms with Crippen LogP contribution in [0.15, 0.2) is 48.5 Å². The highest BCUT2D eigenvalue weighted by molar-refractivity contribution is 6.09. The van der Waals surface area contributed by atoms with Crippen LogP contribution in [0, 0.1) is 5.82 Å². The smallest absolute Gasteiger partial charge is 0.255 e. The van der Waals surface area contributed by atoms with Gasteiger partial charge in [-0.05, 0) is 43.7 Å². The molecule has 23 heavy (non-hydrogen) atoms. The molecule has 2 aromatic carbocycles. The second-order valence-electron chi connectivity index (χ2n) is 5.29. The minimum Gasteiger partial charge on any atom is -0.350 e. The summed E-state index contributed by atoms with van der Waals surface area (Å²) < 4.78 is 13.2. The van der Waals surface area contributed by atoms with Crippen molar-refractivity contribution < 1.29 is 14.0 Å². The van der Waals surface area contributed by atoms with Crippen molar-refractivity contribution in [3.63, 3.8) is 0 Å². The van der Waals surface area contributed by atoms with Crippen molar-refractivity contribution >= 4 is 17.5 Å². The minimum atomic E-state index is -0.486. The van der Waals surface area contributed by atoms with Crippen LogP contribution in [-0.2, 0) is 0 Å². The van der Waals surface area contributed by atoms with Crippen molar-refractivity contribution in [3.8, 4) is 0 Å². The van der Waals surface area contributed by atoms with Crippen LogP contribution in [0.4, 0.5) is 10.1 Å². The standard InChI is InChI=1S/C18H19FN2O2/c1-3-12(2)20-18(23)15-9-4-5-10-16(15)21-17(22)13-7-6-8-14(19)11-13/h4-12H,3H2,1-2H3,(H,20,23)(H,21,22)/t12-/m0/s1. The fraction of sp³-hybridized carbons (Fsp3) is 0.222. The van der Waals surface area contributed by atoms with Gasteiger partial charge >= 0.3 is 0 Å². The second-order valence-corrected chi connectivity index (χ2v) is 5.29. The van der Waals surface area contributed by atoms with E-state index in [0.29, 0.717) is 11.3 Å². The van der Waals surface area contributed by atoms with Gasteiger partial charge in [0.25, 0.3) is 11.8 Å². The van der Waals surface area contributed by atoms with Crippen molar-refractivity contribution in [1.82, 2.24) is 5.32 Å². The van der Waals surface area contributed by atoms with Gasteiger partial charge in [-0.2, -0.15) is 0 Å². The number of rotatable bonds is 5. The van der Waals surface area contributed by atoms with Crippen LogP contribution in [0.5, 0.6) is 0 Å². The molecule has 0 aliphatic heterocycles. The third-order valence-electron chi connectivity index (χ3n) is 3.50. The lowest BCUT2D eigenvalue weighted by atomic mass is 10.1. The van der Waals surface area contributed by atoms with E-state index in [-0.39, 0.29) is 17.5 Å². The average molecular weight is 314 g/mol. The number of hydrogen-bond donors (Lipinski definition) is 2. The summed E-state index contributed by atoms with van der Waals surface area (Å²) in [5.41, 5.74) is 0.960. The lowest BCUT2D eigenvalue weighted by molar-refractivity contribution is 0.0940. The molecule has 0 saturated heterocycles. The molecular formula is C18H19FN2O2. The molecule has 0 unspecified atom stereocenters. The highest BCUT2D eigenvalue weighted by Crippen LogP contribution is 2.17. The predicted molar refractivity (Wildman–Crippen MR) is 88.0 cm³/mol. The second kappa shape index (κ2) is 7.54. The number of para-hydroxylation sites is 1. The fourth-order valence-corrected chi connectivity index (χ4v) is 2.02. The van der Waals surface area contributed by atoms with E-state index in [4.69, 9.17) is 0 Å². The summed E-state index contributed by atoms with van der Waals surface area (Å²) in [5.74, 6) is -1.21. The molecule has 0 aliphatic carbocycles. The number of carbonyl (C=O) groups excluding carboxylic acids is 2. The summed E-state index contributed by atoms with van der Waals surface area (Å²) >= 11 is 0. The van der Waals surface area contributed by atoms with Gasteiger partial charge in [0.05, 0.1) is 11.3 Å². The molecule has 0 spiro atoms. The van der Waals surface area contributed by atoms with E-state index in [1.807, 2.05) is 13.8 Å². The molecule has 0 aliphatic rings. The Morgan fingerprint density at radius 3 is 2.52 bits per heavy atom. The first kappa shape index (κ1) is 16.7. The van der Waals surface area contributed by atoms with E-state index in [2.05, 4.69) is 10.6 Å². The van der Waals surface area contributed by atoms with Gasteiger partial charge in [-0.15, -0.1) is 0 Å². The highest BCUT2D eigenvalue weighted by Gasteiger charge is 2.15. The van der Waals surface area contributed by atoms with Gasteiger partial charge in [0.2, 0.25) is 0 Å². The van der Waals surface area contributed by atoms with E-state index >= 15 is 0 Å². The maximum Gasteiger partial charge on any atom is 0.255 e. The zero-order chi connectivity index (χ0) is 16.8. The molecule has 0 fully saturated rings. The molecule has 2 N–H and O–H groups in total. The summed E-state index contributed by atoms with van der Waals surface area (Å²) in [7, 11) is 0. The number of benzene rings is 2. The first-order valence-corrected chi connectivity index (χ1v) is 7.48. The van der Waals surface area contributed by atoms with Gasteiger partial charge in [-0.1, -0.05) is 25.1 Å². The van der Waals surface area contributed by atoms with Crippen LogP contribution >= 0.6 is 0 Å². The largest absolute Gasteiger partial charge is 0.350 e. The van der Waals surface area contributed by atoms with E-state index < -0.39 is 11.7 Å². The van der Waals surface area contributed by atoms with Crippen LogP contribution < -0.4 is 10.6 Å². The van der Waals surface area contributed by atoms with Crippen molar-refractivity contribution in [2.45, 2.75) is 26.3 Å². The molecule has 0 aromatic heterocycles. The molecule has 0 saturated carbocycles. The van der Waals surface area contributed by atoms with E-state index in [1.165, 1.54) is 18.2 Å². The number of hydrogen-bond acceptors (Lipinski definition) is 2. The lowest BCUT2D eigenvalue weighted by Crippen LogP contribution is -2.32. The zero-order valence-electron chi connectivity index (χ0n) is 13.1. The first-order chi connectivity index (χ1) is 11.0. The van der Waals surface area contributed by atoms with Gasteiger partial charge in [0.1, 0.15) is 5.82 Å². The van der Waals surface area contributed by atoms with Gasteiger partial charge in [-0.25, -0.2) is 4.39 Å². The predicted octanol–water partition coefficient (Wildman–Crippen LogP) is 3.61. The molecule has 1 atom stereocenters. The number of carbonyl (C=O) groups is 2. The average Bonchev–Trinajstić information content (AvgIpc) is 2.55. The molecule has 0 bridgehead atoms. The number of nitrogens with one attached hydrogen (secondary N) is 2. The van der Waals surface area contributed by atoms with Crippen LogP contribution in [0.25, 0.3) is 0 Å². The topological polar surface area (TPSA) is 58.2 Å². The Labute approximate surface area is 134 Å². The van der Waals surface area contributed by atoms with Crippen molar-refractivity contribution in [2.75, 3.05) is 5.32 Å². The lowest BCUT2D eigenvalue weighted by Gasteiger charge is -2.14. The molecule has 4 nitrogen and oxygen atoms in total. The molecule has 0 radical (unpaired) electrons. The van der Waals surface area contributed by atoms with Crippen LogP contribution in [0.3, 0.4) is 0 Å². The van der Waals surface area contributed by atoms with Gasteiger partial charge in [0.15, 0.2) is 0 Å². The van der Waals surface area contributed by atoms with Gasteiger partial charge in [-0.3, -0.25) is 9.59 Å². The van der Waals surface area contributed by atoms with E-state index in [1.54, 1.807) is 24.3 Å². The molecule has 120 valence electrons. The monoisotopic (exact) mass is 314 g/mol. The summed E-state index contributed by atoms with van der Waals surface area (Å²) in [5, 5.41) is 5.52. The zero-order valence-corrected chi connectivity index (χ0v) is 13.1. The Morgan fingerprint density at radius 2 is 1.83 bits per heavy atom. The Morgan fingerprint density at radius 1 is 1.09 bits per heavy atom. The maximum absolute atomic E-state index is 13.2. The molecule has 2 amide bonds. The molecule has 2 aromatic rings. The Balaban J connectivity index is 2.20. The number of halogens is 1. The van der Waals surface area contributed by atoms with Crippen LogP contribution in [-0.4, -0.2) is 17.9 Å². The molecule has 0 heterocycles. The van der Waals surface area contributed by atoms with E-state index in [9.17, 15) is 14.0 Å². The van der Waals surface area contributed by atoms with E-state index in [0.717, 1.165) is 12.5 Å². The number of anilines is 1. The summed E-state index contributed by atoms with van der Waals surface area (Å²) in [6.45, 7) is 3.88. The third kappa shape index (κ3) is 4.39. The Kier molecular flexibility index (Phi) is 5.46. The summed E-state index contributed by atoms with van der Waals surface area (Å²) in [4.78, 5) is 24.5. The molecule has 5 heteroatoms. The maximum atomic E-state index is 13.2. The Hall–Kier alpha value is -2.69. The highest BCUT2D eigenvalue weighted by atomic mass is 19.1. The molecular weight excluding hydrogens is 295 g/mol. The summed E-state index contributed by atoms with van der Waals surface area (Å²) in [6.07, 6.45) is 0.809. The first-order valence-electron chi connectivity index (χ1n) is 7.48. The molecule has 2 rings (SSSR count).